The van der Waals surface area contributed by atoms with Gasteiger partial charge in [-0.1, -0.05) is 332 Å². The molecule has 0 radical (unpaired) electrons. The molecule has 0 amide bonds. The Balaban J connectivity index is 1.64. The van der Waals surface area contributed by atoms with Crippen LogP contribution in [0.4, 0.5) is 11.4 Å². The van der Waals surface area contributed by atoms with Gasteiger partial charge in [0, 0.05) is 0 Å². The summed E-state index contributed by atoms with van der Waals surface area (Å²) < 4.78 is 0. The first kappa shape index (κ1) is 68.4. The quantitative estimate of drug-likeness (QED) is 0.0358. The van der Waals surface area contributed by atoms with Crippen molar-refractivity contribution in [2.75, 3.05) is 0 Å². The van der Waals surface area contributed by atoms with Crippen LogP contribution in [0.25, 0.3) is 0 Å². The highest BCUT2D eigenvalue weighted by Gasteiger charge is 2.12. The number of benzene rings is 2. The maximum atomic E-state index is 5.46. The molecule has 0 heterocycles. The van der Waals surface area contributed by atoms with Crippen molar-refractivity contribution in [2.45, 2.75) is 355 Å². The highest BCUT2D eigenvalue weighted by Crippen LogP contribution is 2.26. The first-order valence-corrected chi connectivity index (χ1v) is 33.8. The molecule has 0 spiro atoms. The second-order valence-electron chi connectivity index (χ2n) is 23.2. The third-order valence-electron chi connectivity index (χ3n) is 16.1. The predicted molar refractivity (Wildman–Crippen MR) is 342 cm³/mol. The monoisotopic (exact) mass is 1030 g/mol. The van der Waals surface area contributed by atoms with Crippen molar-refractivity contribution in [3.8, 4) is 0 Å². The summed E-state index contributed by atoms with van der Waals surface area (Å²) in [5.41, 5.74) is 7.36. The fourth-order valence-corrected chi connectivity index (χ4v) is 11.1. The first-order chi connectivity index (χ1) is 37.2. The molecule has 0 fully saturated rings. The van der Waals surface area contributed by atoms with Gasteiger partial charge in [-0.2, -0.15) is 0 Å². The molecule has 0 aliphatic rings. The number of allylic oxidation sites excluding steroid dienone is 4. The first-order valence-electron chi connectivity index (χ1n) is 33.8. The van der Waals surface area contributed by atoms with Crippen LogP contribution in [0.3, 0.4) is 0 Å². The number of para-hydroxylation sites is 2. The minimum atomic E-state index is 0.897. The fourth-order valence-electron chi connectivity index (χ4n) is 11.1. The summed E-state index contributed by atoms with van der Waals surface area (Å²) >= 11 is 0. The summed E-state index contributed by atoms with van der Waals surface area (Å²) in [6.07, 6.45) is 79.3. The molecule has 2 rings (SSSR count). The molecular formula is C73H126N2. The van der Waals surface area contributed by atoms with Gasteiger partial charge in [-0.3, -0.25) is 9.98 Å². The van der Waals surface area contributed by atoms with Gasteiger partial charge in [0.15, 0.2) is 0 Å². The number of hydrogen-bond donors (Lipinski definition) is 0. The Hall–Kier alpha value is -2.74. The second kappa shape index (κ2) is 54.6. The fraction of sp³-hybridized carbons (Fsp3) is 0.753. The lowest BCUT2D eigenvalue weighted by molar-refractivity contribution is 0.523. The van der Waals surface area contributed by atoms with E-state index >= 15 is 0 Å². The van der Waals surface area contributed by atoms with E-state index in [-0.39, 0.29) is 0 Å². The van der Waals surface area contributed by atoms with Gasteiger partial charge in [0.2, 0.25) is 0 Å². The minimum absolute atomic E-state index is 0.897. The van der Waals surface area contributed by atoms with Crippen LogP contribution in [0.5, 0.6) is 0 Å². The van der Waals surface area contributed by atoms with Crippen LogP contribution in [-0.2, 0) is 12.8 Å². The number of rotatable bonds is 56. The number of unbranched alkanes of at least 4 members (excludes halogenated alkanes) is 42. The molecule has 2 heteroatoms. The van der Waals surface area contributed by atoms with Crippen LogP contribution in [-0.4, -0.2) is 11.4 Å². The Kier molecular flexibility index (Phi) is 49.8. The molecule has 0 aromatic heterocycles. The highest BCUT2D eigenvalue weighted by molar-refractivity contribution is 6.43. The van der Waals surface area contributed by atoms with Gasteiger partial charge < -0.3 is 0 Å². The molecule has 0 aliphatic heterocycles. The lowest BCUT2D eigenvalue weighted by Gasteiger charge is -2.13. The molecule has 0 saturated carbocycles. The van der Waals surface area contributed by atoms with E-state index in [0.717, 1.165) is 62.0 Å². The molecule has 2 nitrogen and oxygen atoms in total. The number of hydrogen-bond acceptors (Lipinski definition) is 2. The summed E-state index contributed by atoms with van der Waals surface area (Å²) in [6.45, 7) is 9.18. The summed E-state index contributed by atoms with van der Waals surface area (Å²) in [4.78, 5) is 10.9. The van der Waals surface area contributed by atoms with Gasteiger partial charge in [0.1, 0.15) is 0 Å². The van der Waals surface area contributed by atoms with Crippen LogP contribution in [0.15, 0.2) is 82.8 Å². The van der Waals surface area contributed by atoms with E-state index in [1.807, 2.05) is 0 Å². The molecule has 75 heavy (non-hydrogen) atoms. The average Bonchev–Trinajstić information content (AvgIpc) is 3.43. The Morgan fingerprint density at radius 3 is 0.840 bits per heavy atom. The molecule has 2 aromatic rings. The number of aliphatic imine (C=N–C) groups is 2. The topological polar surface area (TPSA) is 24.7 Å². The van der Waals surface area contributed by atoms with E-state index in [2.05, 4.69) is 101 Å². The standard InChI is InChI=1S/C73H126N2/c1-5-9-12-14-16-18-20-22-24-26-28-30-32-34-36-38-40-42-44-46-48-50-52-55-61-68-63-57-59-65-71(68)74-70(8-4)73(67-54-11-7-3)75-72-66-60-58-64-69(72)62-56-53-51-49-47-45-43-41-39-37-35-33-31-29-27-25-23-21-19-17-15-13-10-6-2/h48-51,57-60,63-66H,5-47,52-56,61-62,67H2,1-4H3/b50-48+,51-49+,74-70?,75-73?. The van der Waals surface area contributed by atoms with Crippen molar-refractivity contribution in [3.63, 3.8) is 0 Å². The van der Waals surface area contributed by atoms with E-state index in [1.165, 1.54) is 299 Å². The lowest BCUT2D eigenvalue weighted by Crippen LogP contribution is -2.13. The third-order valence-corrected chi connectivity index (χ3v) is 16.1. The van der Waals surface area contributed by atoms with Crippen LogP contribution >= 0.6 is 0 Å². The van der Waals surface area contributed by atoms with Crippen molar-refractivity contribution in [2.24, 2.45) is 9.98 Å². The molecule has 2 aromatic carbocycles. The molecule has 428 valence electrons. The molecule has 0 unspecified atom stereocenters. The molecular weight excluding hydrogens is 905 g/mol. The Bertz CT molecular complexity index is 1630. The van der Waals surface area contributed by atoms with Crippen LogP contribution in [0.1, 0.15) is 353 Å². The average molecular weight is 1030 g/mol. The summed E-state index contributed by atoms with van der Waals surface area (Å²) in [5.74, 6) is 0. The maximum Gasteiger partial charge on any atom is 0.0665 e. The maximum absolute atomic E-state index is 5.46. The molecule has 0 bridgehead atoms. The van der Waals surface area contributed by atoms with Crippen molar-refractivity contribution >= 4 is 22.8 Å². The van der Waals surface area contributed by atoms with Crippen molar-refractivity contribution in [1.82, 2.24) is 0 Å². The largest absolute Gasteiger partial charge is 0.251 e. The summed E-state index contributed by atoms with van der Waals surface area (Å²) in [5, 5.41) is 0. The smallest absolute Gasteiger partial charge is 0.0665 e. The molecule has 0 saturated heterocycles. The number of aryl methyl sites for hydroxylation is 2. The van der Waals surface area contributed by atoms with E-state index in [4.69, 9.17) is 9.98 Å². The van der Waals surface area contributed by atoms with Gasteiger partial charge in [0.25, 0.3) is 0 Å². The summed E-state index contributed by atoms with van der Waals surface area (Å²) in [7, 11) is 0. The van der Waals surface area contributed by atoms with Gasteiger partial charge in [-0.25, -0.2) is 0 Å². The zero-order valence-electron chi connectivity index (χ0n) is 50.9. The lowest BCUT2D eigenvalue weighted by atomic mass is 10.0. The third kappa shape index (κ3) is 42.0. The van der Waals surface area contributed by atoms with Gasteiger partial charge in [-0.05, 0) is 107 Å². The van der Waals surface area contributed by atoms with Crippen LogP contribution in [0.2, 0.25) is 0 Å². The number of nitrogens with zero attached hydrogens (tertiary/aromatic N) is 2. The summed E-state index contributed by atoms with van der Waals surface area (Å²) in [6, 6.07) is 17.8. The van der Waals surface area contributed by atoms with E-state index < -0.39 is 0 Å². The van der Waals surface area contributed by atoms with E-state index in [0.29, 0.717) is 0 Å². The van der Waals surface area contributed by atoms with Crippen LogP contribution in [0, 0.1) is 0 Å². The van der Waals surface area contributed by atoms with Gasteiger partial charge in [0.05, 0.1) is 22.8 Å². The molecule has 0 aliphatic carbocycles. The zero-order chi connectivity index (χ0) is 53.4. The zero-order valence-corrected chi connectivity index (χ0v) is 50.9. The highest BCUT2D eigenvalue weighted by atomic mass is 14.8. The van der Waals surface area contributed by atoms with Crippen molar-refractivity contribution in [1.29, 1.82) is 0 Å². The van der Waals surface area contributed by atoms with E-state index in [1.54, 1.807) is 0 Å². The second-order valence-corrected chi connectivity index (χ2v) is 23.2. The normalized spacial score (nSPS) is 12.4. The van der Waals surface area contributed by atoms with Crippen molar-refractivity contribution < 1.29 is 0 Å². The predicted octanol–water partition coefficient (Wildman–Crippen LogP) is 25.9. The molecule has 0 N–H and O–H groups in total. The minimum Gasteiger partial charge on any atom is -0.251 e. The van der Waals surface area contributed by atoms with Gasteiger partial charge >= 0.3 is 0 Å². The Morgan fingerprint density at radius 2 is 0.533 bits per heavy atom. The van der Waals surface area contributed by atoms with Gasteiger partial charge in [-0.15, -0.1) is 0 Å². The Labute approximate surface area is 469 Å². The van der Waals surface area contributed by atoms with E-state index in [9.17, 15) is 0 Å². The SMILES string of the molecule is CCCCCCCCCCCCCCCCCCCCC/C=C/CCCc1ccccc1N=C(CC)C(CCCCC)=Nc1ccccc1CCC/C=C/CCCCCCCCCCCCCCCCCCCCC. The molecule has 0 atom stereocenters. The van der Waals surface area contributed by atoms with Crippen LogP contribution < -0.4 is 0 Å². The Morgan fingerprint density at radius 1 is 0.280 bits per heavy atom. The van der Waals surface area contributed by atoms with Crippen molar-refractivity contribution in [3.05, 3.63) is 84.0 Å².